The molecule has 1 N–H and O–H groups in total. The number of nitrogens with zero attached hydrogens (tertiary/aromatic N) is 1. The van der Waals surface area contributed by atoms with E-state index in [0.717, 1.165) is 12.5 Å². The summed E-state index contributed by atoms with van der Waals surface area (Å²) in [5.41, 5.74) is 0. The molecule has 0 aromatic rings. The predicted molar refractivity (Wildman–Crippen MR) is 67.2 cm³/mol. The Labute approximate surface area is 94.7 Å². The Bertz CT molecular complexity index is 162. The molecule has 15 heavy (non-hydrogen) atoms. The van der Waals surface area contributed by atoms with E-state index in [4.69, 9.17) is 0 Å². The van der Waals surface area contributed by atoms with Crippen LogP contribution in [0.3, 0.4) is 0 Å². The van der Waals surface area contributed by atoms with Gasteiger partial charge in [-0.25, -0.2) is 0 Å². The summed E-state index contributed by atoms with van der Waals surface area (Å²) >= 11 is 0. The van der Waals surface area contributed by atoms with Crippen LogP contribution in [0.15, 0.2) is 12.7 Å². The molecule has 0 amide bonds. The minimum atomic E-state index is 0.732. The first kappa shape index (κ1) is 12.7. The molecule has 0 aromatic heterocycles. The fourth-order valence-corrected chi connectivity index (χ4v) is 2.28. The highest BCUT2D eigenvalue weighted by Gasteiger charge is 2.15. The molecule has 1 saturated heterocycles. The van der Waals surface area contributed by atoms with Crippen LogP contribution in [0.25, 0.3) is 0 Å². The van der Waals surface area contributed by atoms with Gasteiger partial charge in [0.1, 0.15) is 0 Å². The molecule has 1 aliphatic heterocycles. The van der Waals surface area contributed by atoms with E-state index in [1.54, 1.807) is 0 Å². The van der Waals surface area contributed by atoms with Crippen molar-refractivity contribution in [2.24, 2.45) is 0 Å². The largest absolute Gasteiger partial charge is 0.313 e. The van der Waals surface area contributed by atoms with Crippen molar-refractivity contribution in [1.82, 2.24) is 10.2 Å². The van der Waals surface area contributed by atoms with Crippen LogP contribution < -0.4 is 5.32 Å². The Balaban J connectivity index is 2.24. The summed E-state index contributed by atoms with van der Waals surface area (Å²) in [5, 5.41) is 3.62. The van der Waals surface area contributed by atoms with Crippen LogP contribution >= 0.6 is 0 Å². The third-order valence-corrected chi connectivity index (χ3v) is 3.08. The third-order valence-electron chi connectivity index (χ3n) is 3.08. The second-order valence-corrected chi connectivity index (χ2v) is 4.52. The van der Waals surface area contributed by atoms with E-state index in [-0.39, 0.29) is 0 Å². The van der Waals surface area contributed by atoms with Gasteiger partial charge in [-0.05, 0) is 38.8 Å². The lowest BCUT2D eigenvalue weighted by molar-refractivity contribution is 0.227. The molecule has 0 radical (unpaired) electrons. The normalized spacial score (nSPS) is 21.9. The number of nitrogens with one attached hydrogen (secondary N) is 1. The summed E-state index contributed by atoms with van der Waals surface area (Å²) in [6.45, 7) is 10.9. The van der Waals surface area contributed by atoms with Crippen LogP contribution in [-0.4, -0.2) is 37.1 Å². The van der Waals surface area contributed by atoms with Crippen molar-refractivity contribution in [2.75, 3.05) is 26.2 Å². The maximum atomic E-state index is 3.80. The van der Waals surface area contributed by atoms with Gasteiger partial charge in [-0.2, -0.15) is 0 Å². The highest BCUT2D eigenvalue weighted by Crippen LogP contribution is 2.09. The van der Waals surface area contributed by atoms with Gasteiger partial charge in [-0.1, -0.05) is 19.4 Å². The van der Waals surface area contributed by atoms with E-state index in [1.807, 2.05) is 6.08 Å². The van der Waals surface area contributed by atoms with Gasteiger partial charge in [0.05, 0.1) is 0 Å². The molecule has 2 heteroatoms. The summed E-state index contributed by atoms with van der Waals surface area (Å²) in [7, 11) is 0. The maximum Gasteiger partial charge on any atom is 0.0195 e. The average Bonchev–Trinajstić information content (AvgIpc) is 2.28. The van der Waals surface area contributed by atoms with E-state index in [0.29, 0.717) is 0 Å². The highest BCUT2D eigenvalue weighted by atomic mass is 15.1. The standard InChI is InChI=1S/C13H26N2/c1-3-5-11-15(10-4-2)12-13-8-6-7-9-14-13/h3,13-14H,1,4-12H2,2H3. The molecule has 1 aliphatic rings. The number of rotatable bonds is 7. The van der Waals surface area contributed by atoms with Crippen LogP contribution in [0.5, 0.6) is 0 Å². The van der Waals surface area contributed by atoms with E-state index < -0.39 is 0 Å². The first-order valence-electron chi connectivity index (χ1n) is 6.43. The smallest absolute Gasteiger partial charge is 0.0195 e. The molecule has 1 rings (SSSR count). The minimum Gasteiger partial charge on any atom is -0.313 e. The second kappa shape index (κ2) is 7.89. The maximum absolute atomic E-state index is 3.80. The van der Waals surface area contributed by atoms with Crippen molar-refractivity contribution in [3.05, 3.63) is 12.7 Å². The Morgan fingerprint density at radius 3 is 2.87 bits per heavy atom. The van der Waals surface area contributed by atoms with Crippen LogP contribution in [0.1, 0.15) is 39.0 Å². The molecule has 1 heterocycles. The van der Waals surface area contributed by atoms with E-state index in [2.05, 4.69) is 23.7 Å². The zero-order valence-corrected chi connectivity index (χ0v) is 10.2. The van der Waals surface area contributed by atoms with Gasteiger partial charge in [0.15, 0.2) is 0 Å². The summed E-state index contributed by atoms with van der Waals surface area (Å²) in [6, 6.07) is 0.732. The predicted octanol–water partition coefficient (Wildman–Crippen LogP) is 2.42. The van der Waals surface area contributed by atoms with Crippen molar-refractivity contribution in [3.8, 4) is 0 Å². The lowest BCUT2D eigenvalue weighted by Gasteiger charge is -2.30. The van der Waals surface area contributed by atoms with Gasteiger partial charge in [0.2, 0.25) is 0 Å². The molecule has 88 valence electrons. The molecule has 1 atom stereocenters. The lowest BCUT2D eigenvalue weighted by atomic mass is 10.0. The Morgan fingerprint density at radius 2 is 2.27 bits per heavy atom. The lowest BCUT2D eigenvalue weighted by Crippen LogP contribution is -2.44. The topological polar surface area (TPSA) is 15.3 Å². The van der Waals surface area contributed by atoms with E-state index in [1.165, 1.54) is 51.9 Å². The number of piperidine rings is 1. The summed E-state index contributed by atoms with van der Waals surface area (Å²) < 4.78 is 0. The Kier molecular flexibility index (Phi) is 6.69. The third kappa shape index (κ3) is 5.33. The molecule has 0 saturated carbocycles. The molecule has 2 nitrogen and oxygen atoms in total. The first-order chi connectivity index (χ1) is 7.36. The molecular weight excluding hydrogens is 184 g/mol. The number of hydrogen-bond donors (Lipinski definition) is 1. The summed E-state index contributed by atoms with van der Waals surface area (Å²) in [5.74, 6) is 0. The van der Waals surface area contributed by atoms with Crippen LogP contribution in [-0.2, 0) is 0 Å². The van der Waals surface area contributed by atoms with Gasteiger partial charge < -0.3 is 10.2 Å². The molecule has 0 bridgehead atoms. The second-order valence-electron chi connectivity index (χ2n) is 4.52. The van der Waals surface area contributed by atoms with Gasteiger partial charge >= 0.3 is 0 Å². The first-order valence-corrected chi connectivity index (χ1v) is 6.43. The Morgan fingerprint density at radius 1 is 1.40 bits per heavy atom. The van der Waals surface area contributed by atoms with Gasteiger partial charge in [0, 0.05) is 19.1 Å². The summed E-state index contributed by atoms with van der Waals surface area (Å²) in [6.07, 6.45) is 8.51. The monoisotopic (exact) mass is 210 g/mol. The van der Waals surface area contributed by atoms with Crippen LogP contribution in [0.2, 0.25) is 0 Å². The molecule has 0 aromatic carbocycles. The fourth-order valence-electron chi connectivity index (χ4n) is 2.28. The fraction of sp³-hybridized carbons (Fsp3) is 0.846. The molecule has 1 fully saturated rings. The SMILES string of the molecule is C=CCCN(CCC)CC1CCCCN1. The minimum absolute atomic E-state index is 0.732. The van der Waals surface area contributed by atoms with Crippen molar-refractivity contribution in [2.45, 2.75) is 45.1 Å². The van der Waals surface area contributed by atoms with E-state index in [9.17, 15) is 0 Å². The molecule has 1 unspecified atom stereocenters. The average molecular weight is 210 g/mol. The van der Waals surface area contributed by atoms with Crippen molar-refractivity contribution < 1.29 is 0 Å². The molecule has 0 aliphatic carbocycles. The quantitative estimate of drug-likeness (QED) is 0.649. The summed E-state index contributed by atoms with van der Waals surface area (Å²) in [4.78, 5) is 2.57. The zero-order chi connectivity index (χ0) is 10.9. The van der Waals surface area contributed by atoms with Crippen molar-refractivity contribution in [1.29, 1.82) is 0 Å². The molecule has 0 spiro atoms. The van der Waals surface area contributed by atoms with Crippen LogP contribution in [0.4, 0.5) is 0 Å². The zero-order valence-electron chi connectivity index (χ0n) is 10.2. The van der Waals surface area contributed by atoms with Gasteiger partial charge in [0.25, 0.3) is 0 Å². The van der Waals surface area contributed by atoms with Gasteiger partial charge in [-0.15, -0.1) is 6.58 Å². The number of hydrogen-bond acceptors (Lipinski definition) is 2. The van der Waals surface area contributed by atoms with E-state index >= 15 is 0 Å². The van der Waals surface area contributed by atoms with Gasteiger partial charge in [-0.3, -0.25) is 0 Å². The van der Waals surface area contributed by atoms with Crippen LogP contribution in [0, 0.1) is 0 Å². The Hall–Kier alpha value is -0.340. The van der Waals surface area contributed by atoms with Crippen molar-refractivity contribution in [3.63, 3.8) is 0 Å². The molecular formula is C13H26N2. The van der Waals surface area contributed by atoms with Crippen molar-refractivity contribution >= 4 is 0 Å². The highest BCUT2D eigenvalue weighted by molar-refractivity contribution is 4.77.